The van der Waals surface area contributed by atoms with Crippen molar-refractivity contribution in [2.75, 3.05) is 0 Å². The number of hydrogen-bond donors (Lipinski definition) is 0. The Morgan fingerprint density at radius 2 is 1.45 bits per heavy atom. The Hall–Kier alpha value is -1.56. The molecule has 0 fully saturated rings. The largest absolute Gasteiger partial charge is 0.0591 e. The summed E-state index contributed by atoms with van der Waals surface area (Å²) in [6.45, 7) is 4.42. The van der Waals surface area contributed by atoms with Crippen LogP contribution in [0.25, 0.3) is 0 Å². The molecule has 0 unspecified atom stereocenters. The Labute approximate surface area is 122 Å². The molecule has 0 aromatic heterocycles. The van der Waals surface area contributed by atoms with Crippen LogP contribution in [0.5, 0.6) is 0 Å². The summed E-state index contributed by atoms with van der Waals surface area (Å²) in [6.07, 6.45) is 7.67. The highest BCUT2D eigenvalue weighted by molar-refractivity contribution is 5.42. The molecule has 0 bridgehead atoms. The fourth-order valence-electron chi connectivity index (χ4n) is 3.39. The lowest BCUT2D eigenvalue weighted by Crippen LogP contribution is -2.09. The third kappa shape index (κ3) is 2.80. The monoisotopic (exact) mass is 264 g/mol. The van der Waals surface area contributed by atoms with Gasteiger partial charge < -0.3 is 0 Å². The molecule has 2 aromatic rings. The van der Waals surface area contributed by atoms with E-state index >= 15 is 0 Å². The summed E-state index contributed by atoms with van der Waals surface area (Å²) >= 11 is 0. The van der Waals surface area contributed by atoms with Crippen LogP contribution >= 0.6 is 0 Å². The first-order chi connectivity index (χ1) is 9.74. The molecule has 0 aliphatic heterocycles. The SMILES string of the molecule is Cc1ccc(CCc2ccc(C)c3c2CCCC3)cc1. The third-order valence-electron chi connectivity index (χ3n) is 4.67. The lowest BCUT2D eigenvalue weighted by molar-refractivity contribution is 0.673. The molecule has 0 spiro atoms. The van der Waals surface area contributed by atoms with Crippen LogP contribution in [-0.2, 0) is 25.7 Å². The molecule has 0 atom stereocenters. The van der Waals surface area contributed by atoms with Crippen LogP contribution in [0.4, 0.5) is 0 Å². The summed E-state index contributed by atoms with van der Waals surface area (Å²) in [4.78, 5) is 0. The first-order valence-corrected chi connectivity index (χ1v) is 7.90. The quantitative estimate of drug-likeness (QED) is 0.734. The molecular weight excluding hydrogens is 240 g/mol. The smallest absolute Gasteiger partial charge is 0.0235 e. The number of aryl methyl sites for hydroxylation is 4. The molecule has 0 heteroatoms. The zero-order valence-corrected chi connectivity index (χ0v) is 12.7. The Morgan fingerprint density at radius 3 is 2.20 bits per heavy atom. The van der Waals surface area contributed by atoms with Crippen LogP contribution in [0.3, 0.4) is 0 Å². The fraction of sp³-hybridized carbons (Fsp3) is 0.400. The van der Waals surface area contributed by atoms with Gasteiger partial charge in [0.1, 0.15) is 0 Å². The first-order valence-electron chi connectivity index (χ1n) is 7.90. The average molecular weight is 264 g/mol. The first kappa shape index (κ1) is 13.4. The van der Waals surface area contributed by atoms with Gasteiger partial charge >= 0.3 is 0 Å². The van der Waals surface area contributed by atoms with Crippen LogP contribution in [0.1, 0.15) is 46.2 Å². The highest BCUT2D eigenvalue weighted by Crippen LogP contribution is 2.28. The fourth-order valence-corrected chi connectivity index (χ4v) is 3.39. The maximum Gasteiger partial charge on any atom is -0.0235 e. The van der Waals surface area contributed by atoms with Gasteiger partial charge in [0.15, 0.2) is 0 Å². The Balaban J connectivity index is 1.79. The Bertz CT molecular complexity index is 590. The molecule has 2 aromatic carbocycles. The van der Waals surface area contributed by atoms with Crippen molar-refractivity contribution in [3.63, 3.8) is 0 Å². The van der Waals surface area contributed by atoms with Gasteiger partial charge in [-0.1, -0.05) is 42.0 Å². The summed E-state index contributed by atoms with van der Waals surface area (Å²) in [6, 6.07) is 13.7. The van der Waals surface area contributed by atoms with E-state index in [0.29, 0.717) is 0 Å². The molecule has 0 saturated heterocycles. The summed E-state index contributed by atoms with van der Waals surface area (Å²) in [5.74, 6) is 0. The molecule has 0 heterocycles. The second kappa shape index (κ2) is 5.83. The Morgan fingerprint density at radius 1 is 0.750 bits per heavy atom. The van der Waals surface area contributed by atoms with E-state index in [0.717, 1.165) is 6.42 Å². The zero-order valence-electron chi connectivity index (χ0n) is 12.7. The molecular formula is C20H24. The topological polar surface area (TPSA) is 0 Å². The van der Waals surface area contributed by atoms with Gasteiger partial charge in [-0.3, -0.25) is 0 Å². The van der Waals surface area contributed by atoms with E-state index in [-0.39, 0.29) is 0 Å². The third-order valence-corrected chi connectivity index (χ3v) is 4.67. The van der Waals surface area contributed by atoms with Crippen LogP contribution in [-0.4, -0.2) is 0 Å². The van der Waals surface area contributed by atoms with Crippen molar-refractivity contribution >= 4 is 0 Å². The standard InChI is InChI=1S/C20H24/c1-15-7-10-17(11-8-15)12-14-18-13-9-16(2)19-5-3-4-6-20(18)19/h7-11,13H,3-6,12,14H2,1-2H3. The lowest BCUT2D eigenvalue weighted by Gasteiger charge is -2.21. The minimum Gasteiger partial charge on any atom is -0.0591 e. The Kier molecular flexibility index (Phi) is 3.91. The average Bonchev–Trinajstić information content (AvgIpc) is 2.49. The van der Waals surface area contributed by atoms with Gasteiger partial charge in [-0.2, -0.15) is 0 Å². The lowest BCUT2D eigenvalue weighted by atomic mass is 9.84. The predicted molar refractivity (Wildman–Crippen MR) is 86.4 cm³/mol. The molecule has 104 valence electrons. The van der Waals surface area contributed by atoms with E-state index in [1.807, 2.05) is 0 Å². The molecule has 3 rings (SSSR count). The molecule has 20 heavy (non-hydrogen) atoms. The zero-order chi connectivity index (χ0) is 13.9. The van der Waals surface area contributed by atoms with E-state index in [2.05, 4.69) is 50.2 Å². The molecule has 1 aliphatic rings. The van der Waals surface area contributed by atoms with Gasteiger partial charge in [0.25, 0.3) is 0 Å². The number of rotatable bonds is 3. The number of fused-ring (bicyclic) bond motifs is 1. The van der Waals surface area contributed by atoms with Crippen LogP contribution in [0, 0.1) is 13.8 Å². The van der Waals surface area contributed by atoms with Gasteiger partial charge in [-0.15, -0.1) is 0 Å². The van der Waals surface area contributed by atoms with Gasteiger partial charge in [0, 0.05) is 0 Å². The maximum atomic E-state index is 2.37. The van der Waals surface area contributed by atoms with Crippen molar-refractivity contribution in [2.24, 2.45) is 0 Å². The van der Waals surface area contributed by atoms with Crippen molar-refractivity contribution in [2.45, 2.75) is 52.4 Å². The molecule has 0 nitrogen and oxygen atoms in total. The van der Waals surface area contributed by atoms with Gasteiger partial charge in [-0.05, 0) is 80.2 Å². The van der Waals surface area contributed by atoms with E-state index in [4.69, 9.17) is 0 Å². The molecule has 0 N–H and O–H groups in total. The summed E-state index contributed by atoms with van der Waals surface area (Å²) in [5, 5.41) is 0. The van der Waals surface area contributed by atoms with Gasteiger partial charge in [0.2, 0.25) is 0 Å². The maximum absolute atomic E-state index is 2.37. The minimum absolute atomic E-state index is 1.16. The second-order valence-corrected chi connectivity index (χ2v) is 6.19. The summed E-state index contributed by atoms with van der Waals surface area (Å²) in [7, 11) is 0. The van der Waals surface area contributed by atoms with Crippen LogP contribution < -0.4 is 0 Å². The summed E-state index contributed by atoms with van der Waals surface area (Å²) in [5.41, 5.74) is 9.22. The van der Waals surface area contributed by atoms with Gasteiger partial charge in [-0.25, -0.2) is 0 Å². The number of benzene rings is 2. The molecule has 0 radical (unpaired) electrons. The molecule has 0 saturated carbocycles. The summed E-state index contributed by atoms with van der Waals surface area (Å²) < 4.78 is 0. The van der Waals surface area contributed by atoms with E-state index < -0.39 is 0 Å². The van der Waals surface area contributed by atoms with Crippen molar-refractivity contribution < 1.29 is 0 Å². The van der Waals surface area contributed by atoms with Crippen molar-refractivity contribution in [1.29, 1.82) is 0 Å². The van der Waals surface area contributed by atoms with Gasteiger partial charge in [0.05, 0.1) is 0 Å². The van der Waals surface area contributed by atoms with Crippen LogP contribution in [0.2, 0.25) is 0 Å². The molecule has 1 aliphatic carbocycles. The molecule has 0 amide bonds. The van der Waals surface area contributed by atoms with E-state index in [1.54, 1.807) is 16.7 Å². The normalized spacial score (nSPS) is 14.1. The van der Waals surface area contributed by atoms with E-state index in [9.17, 15) is 0 Å². The van der Waals surface area contributed by atoms with E-state index in [1.165, 1.54) is 48.8 Å². The van der Waals surface area contributed by atoms with Crippen LogP contribution in [0.15, 0.2) is 36.4 Å². The number of hydrogen-bond acceptors (Lipinski definition) is 0. The highest BCUT2D eigenvalue weighted by atomic mass is 14.2. The van der Waals surface area contributed by atoms with Crippen molar-refractivity contribution in [3.8, 4) is 0 Å². The second-order valence-electron chi connectivity index (χ2n) is 6.19. The van der Waals surface area contributed by atoms with Crippen molar-refractivity contribution in [1.82, 2.24) is 0 Å². The minimum atomic E-state index is 1.16. The highest BCUT2D eigenvalue weighted by Gasteiger charge is 2.14. The van der Waals surface area contributed by atoms with Crippen molar-refractivity contribution in [3.05, 3.63) is 69.8 Å². The predicted octanol–water partition coefficient (Wildman–Crippen LogP) is 4.97.